The molecule has 1 saturated heterocycles. The number of amides is 1. The van der Waals surface area contributed by atoms with Gasteiger partial charge in [-0.3, -0.25) is 9.69 Å². The Labute approximate surface area is 168 Å². The van der Waals surface area contributed by atoms with Gasteiger partial charge in [0.05, 0.1) is 11.7 Å². The lowest BCUT2D eigenvalue weighted by molar-refractivity contribution is -0.123. The Kier molecular flexibility index (Phi) is 5.46. The van der Waals surface area contributed by atoms with Crippen molar-refractivity contribution in [2.75, 3.05) is 23.7 Å². The molecular weight excluding hydrogens is 387 g/mol. The molecular formula is C20H20Cl2N2OS. The Morgan fingerprint density at radius 3 is 2.88 bits per heavy atom. The van der Waals surface area contributed by atoms with Gasteiger partial charge >= 0.3 is 0 Å². The molecule has 2 aliphatic heterocycles. The Morgan fingerprint density at radius 2 is 2.00 bits per heavy atom. The van der Waals surface area contributed by atoms with E-state index in [-0.39, 0.29) is 11.9 Å². The molecule has 0 unspecified atom stereocenters. The number of fused-ring (bicyclic) bond motifs is 1. The van der Waals surface area contributed by atoms with Crippen molar-refractivity contribution in [1.82, 2.24) is 4.90 Å². The largest absolute Gasteiger partial charge is 0.309 e. The number of hydrogen-bond acceptors (Lipinski definition) is 3. The molecule has 1 amide bonds. The molecule has 0 aliphatic carbocycles. The van der Waals surface area contributed by atoms with Crippen LogP contribution < -0.4 is 4.90 Å². The van der Waals surface area contributed by atoms with Crippen LogP contribution in [0.5, 0.6) is 0 Å². The van der Waals surface area contributed by atoms with Crippen LogP contribution in [-0.4, -0.2) is 35.7 Å². The van der Waals surface area contributed by atoms with E-state index in [0.29, 0.717) is 16.6 Å². The number of carbonyl (C=O) groups is 1. The van der Waals surface area contributed by atoms with Crippen LogP contribution in [0.2, 0.25) is 10.0 Å². The molecule has 0 aromatic heterocycles. The van der Waals surface area contributed by atoms with Crippen LogP contribution in [0.4, 0.5) is 5.69 Å². The van der Waals surface area contributed by atoms with Crippen molar-refractivity contribution in [2.45, 2.75) is 30.3 Å². The Hall–Kier alpha value is -1.20. The standard InChI is InChI=1S/C20H20Cl2N2OS/c21-15-7-8-16(22)14(12-15)13-23-9-3-5-18(23)20(25)24-10-11-26-19-6-2-1-4-17(19)24/h1-2,4,6-8,12,18H,3,5,9-11,13H2/t18-/m0/s1. The summed E-state index contributed by atoms with van der Waals surface area (Å²) >= 11 is 14.3. The fraction of sp³-hybridized carbons (Fsp3) is 0.350. The van der Waals surface area contributed by atoms with Crippen molar-refractivity contribution in [3.8, 4) is 0 Å². The van der Waals surface area contributed by atoms with Crippen molar-refractivity contribution >= 4 is 46.6 Å². The molecule has 3 nitrogen and oxygen atoms in total. The average molecular weight is 407 g/mol. The van der Waals surface area contributed by atoms with Gasteiger partial charge in [-0.15, -0.1) is 11.8 Å². The van der Waals surface area contributed by atoms with Gasteiger partial charge in [-0.2, -0.15) is 0 Å². The zero-order chi connectivity index (χ0) is 18.1. The quantitative estimate of drug-likeness (QED) is 0.708. The first-order chi connectivity index (χ1) is 12.6. The molecule has 136 valence electrons. The summed E-state index contributed by atoms with van der Waals surface area (Å²) in [7, 11) is 0. The Morgan fingerprint density at radius 1 is 1.15 bits per heavy atom. The number of likely N-dealkylation sites (tertiary alicyclic amines) is 1. The molecule has 2 aliphatic rings. The minimum absolute atomic E-state index is 0.0961. The second kappa shape index (κ2) is 7.81. The van der Waals surface area contributed by atoms with Crippen LogP contribution in [-0.2, 0) is 11.3 Å². The van der Waals surface area contributed by atoms with Crippen molar-refractivity contribution in [3.05, 3.63) is 58.1 Å². The summed E-state index contributed by atoms with van der Waals surface area (Å²) < 4.78 is 0. The third-order valence-corrected chi connectivity index (χ3v) is 6.67. The fourth-order valence-corrected chi connectivity index (χ4v) is 5.12. The highest BCUT2D eigenvalue weighted by Crippen LogP contribution is 2.36. The minimum Gasteiger partial charge on any atom is -0.309 e. The van der Waals surface area contributed by atoms with E-state index in [1.165, 1.54) is 4.90 Å². The van der Waals surface area contributed by atoms with Crippen molar-refractivity contribution in [2.24, 2.45) is 0 Å². The highest BCUT2D eigenvalue weighted by atomic mass is 35.5. The molecule has 0 N–H and O–H groups in total. The lowest BCUT2D eigenvalue weighted by atomic mass is 10.1. The zero-order valence-electron chi connectivity index (χ0n) is 14.3. The van der Waals surface area contributed by atoms with Crippen LogP contribution in [0.25, 0.3) is 0 Å². The lowest BCUT2D eigenvalue weighted by Gasteiger charge is -2.33. The second-order valence-corrected chi connectivity index (χ2v) is 8.65. The van der Waals surface area contributed by atoms with Crippen molar-refractivity contribution in [1.29, 1.82) is 0 Å². The van der Waals surface area contributed by atoms with Crippen LogP contribution in [0.3, 0.4) is 0 Å². The van der Waals surface area contributed by atoms with Crippen LogP contribution >= 0.6 is 35.0 Å². The molecule has 0 bridgehead atoms. The maximum Gasteiger partial charge on any atom is 0.244 e. The zero-order valence-corrected chi connectivity index (χ0v) is 16.7. The van der Waals surface area contributed by atoms with Gasteiger partial charge in [0.15, 0.2) is 0 Å². The number of nitrogens with zero attached hydrogens (tertiary/aromatic N) is 2. The Balaban J connectivity index is 1.55. The predicted molar refractivity (Wildman–Crippen MR) is 109 cm³/mol. The third-order valence-electron chi connectivity index (χ3n) is 5.02. The summed E-state index contributed by atoms with van der Waals surface area (Å²) in [6.07, 6.45) is 1.92. The molecule has 2 aromatic carbocycles. The average Bonchev–Trinajstić information content (AvgIpc) is 3.12. The second-order valence-electron chi connectivity index (χ2n) is 6.67. The van der Waals surface area contributed by atoms with Crippen molar-refractivity contribution in [3.63, 3.8) is 0 Å². The smallest absolute Gasteiger partial charge is 0.244 e. The molecule has 1 fully saturated rings. The van der Waals surface area contributed by atoms with E-state index in [4.69, 9.17) is 23.2 Å². The topological polar surface area (TPSA) is 23.6 Å². The number of anilines is 1. The molecule has 0 radical (unpaired) electrons. The monoisotopic (exact) mass is 406 g/mol. The maximum atomic E-state index is 13.3. The van der Waals surface area contributed by atoms with Gasteiger partial charge in [0.25, 0.3) is 0 Å². The van der Waals surface area contributed by atoms with Gasteiger partial charge in [0.2, 0.25) is 5.91 Å². The summed E-state index contributed by atoms with van der Waals surface area (Å²) in [5.41, 5.74) is 2.02. The van der Waals surface area contributed by atoms with Gasteiger partial charge < -0.3 is 4.90 Å². The van der Waals surface area contributed by atoms with E-state index in [1.54, 1.807) is 6.07 Å². The fourth-order valence-electron chi connectivity index (χ4n) is 3.76. The summed E-state index contributed by atoms with van der Waals surface area (Å²) in [5.74, 6) is 1.14. The number of para-hydroxylation sites is 1. The summed E-state index contributed by atoms with van der Waals surface area (Å²) in [6, 6.07) is 13.6. The van der Waals surface area contributed by atoms with Crippen LogP contribution in [0, 0.1) is 0 Å². The molecule has 6 heteroatoms. The van der Waals surface area contributed by atoms with Gasteiger partial charge in [0, 0.05) is 33.8 Å². The lowest BCUT2D eigenvalue weighted by Crippen LogP contribution is -2.47. The molecule has 2 heterocycles. The normalized spacial score (nSPS) is 20.2. The molecule has 0 spiro atoms. The number of thioether (sulfide) groups is 1. The molecule has 0 saturated carbocycles. The van der Waals surface area contributed by atoms with Gasteiger partial charge in [0.1, 0.15) is 0 Å². The predicted octanol–water partition coefficient (Wildman–Crippen LogP) is 5.10. The first kappa shape index (κ1) is 18.2. The number of benzene rings is 2. The highest BCUT2D eigenvalue weighted by molar-refractivity contribution is 7.99. The molecule has 26 heavy (non-hydrogen) atoms. The van der Waals surface area contributed by atoms with E-state index < -0.39 is 0 Å². The maximum absolute atomic E-state index is 13.3. The van der Waals surface area contributed by atoms with Crippen molar-refractivity contribution < 1.29 is 4.79 Å². The van der Waals surface area contributed by atoms with Gasteiger partial charge in [-0.05, 0) is 55.3 Å². The van der Waals surface area contributed by atoms with E-state index in [2.05, 4.69) is 11.0 Å². The number of carbonyl (C=O) groups excluding carboxylic acids is 1. The molecule has 4 rings (SSSR count). The van der Waals surface area contributed by atoms with E-state index in [9.17, 15) is 4.79 Å². The number of rotatable bonds is 3. The number of halogens is 2. The van der Waals surface area contributed by atoms with Crippen LogP contribution in [0.1, 0.15) is 18.4 Å². The molecule has 2 aromatic rings. The van der Waals surface area contributed by atoms with E-state index in [1.807, 2.05) is 47.0 Å². The first-order valence-electron chi connectivity index (χ1n) is 8.84. The summed E-state index contributed by atoms with van der Waals surface area (Å²) in [6.45, 7) is 2.33. The first-order valence-corrected chi connectivity index (χ1v) is 10.6. The third kappa shape index (κ3) is 3.61. The molecule has 1 atom stereocenters. The van der Waals surface area contributed by atoms with Crippen LogP contribution in [0.15, 0.2) is 47.4 Å². The van der Waals surface area contributed by atoms with Gasteiger partial charge in [-0.1, -0.05) is 35.3 Å². The summed E-state index contributed by atoms with van der Waals surface area (Å²) in [4.78, 5) is 18.7. The van der Waals surface area contributed by atoms with Gasteiger partial charge in [-0.25, -0.2) is 0 Å². The van der Waals surface area contributed by atoms with E-state index in [0.717, 1.165) is 42.9 Å². The Bertz CT molecular complexity index is 829. The SMILES string of the molecule is O=C([C@@H]1CCCN1Cc1cc(Cl)ccc1Cl)N1CCSc2ccccc21. The summed E-state index contributed by atoms with van der Waals surface area (Å²) in [5, 5.41) is 1.38. The van der Waals surface area contributed by atoms with E-state index >= 15 is 0 Å². The highest BCUT2D eigenvalue weighted by Gasteiger charge is 2.35. The minimum atomic E-state index is -0.0961. The number of hydrogen-bond donors (Lipinski definition) is 0.